The Morgan fingerprint density at radius 1 is 1.82 bits per heavy atom. The van der Waals surface area contributed by atoms with Crippen molar-refractivity contribution in [2.24, 2.45) is 10.7 Å². The summed E-state index contributed by atoms with van der Waals surface area (Å²) in [6.07, 6.45) is 0. The van der Waals surface area contributed by atoms with Crippen molar-refractivity contribution in [3.05, 3.63) is 0 Å². The van der Waals surface area contributed by atoms with Gasteiger partial charge in [0.1, 0.15) is 0 Å². The van der Waals surface area contributed by atoms with Gasteiger partial charge in [-0.25, -0.2) is 4.99 Å². The van der Waals surface area contributed by atoms with E-state index >= 15 is 0 Å². The molecule has 0 bridgehead atoms. The van der Waals surface area contributed by atoms with E-state index in [1.165, 1.54) is 0 Å². The Balaban J connectivity index is 2.86. The van der Waals surface area contributed by atoms with E-state index in [9.17, 15) is 4.79 Å². The van der Waals surface area contributed by atoms with Gasteiger partial charge in [-0.3, -0.25) is 4.79 Å². The lowest BCUT2D eigenvalue weighted by molar-refractivity contribution is -0.132. The van der Waals surface area contributed by atoms with Crippen molar-refractivity contribution >= 4 is 11.8 Å². The summed E-state index contributed by atoms with van der Waals surface area (Å²) in [6.45, 7) is 5.17. The van der Waals surface area contributed by atoms with Crippen molar-refractivity contribution in [1.82, 2.24) is 0 Å². The third-order valence-corrected chi connectivity index (χ3v) is 2.02. The van der Waals surface area contributed by atoms with E-state index in [0.29, 0.717) is 5.90 Å². The highest BCUT2D eigenvalue weighted by Gasteiger charge is 2.44. The van der Waals surface area contributed by atoms with Crippen LogP contribution in [0, 0.1) is 0 Å². The van der Waals surface area contributed by atoms with Crippen LogP contribution in [0.4, 0.5) is 0 Å². The molecule has 62 valence electrons. The van der Waals surface area contributed by atoms with Gasteiger partial charge in [-0.1, -0.05) is 0 Å². The number of primary amides is 1. The first-order valence-corrected chi connectivity index (χ1v) is 3.50. The zero-order valence-corrected chi connectivity index (χ0v) is 6.92. The molecular formula is C7H12N2O2. The zero-order valence-electron chi connectivity index (χ0n) is 6.92. The Hall–Kier alpha value is -1.06. The van der Waals surface area contributed by atoms with Gasteiger partial charge < -0.3 is 10.5 Å². The van der Waals surface area contributed by atoms with Crippen molar-refractivity contribution in [1.29, 1.82) is 0 Å². The van der Waals surface area contributed by atoms with Gasteiger partial charge in [-0.15, -0.1) is 0 Å². The Morgan fingerprint density at radius 2 is 2.36 bits per heavy atom. The summed E-state index contributed by atoms with van der Waals surface area (Å²) < 4.78 is 5.20. The van der Waals surface area contributed by atoms with Crippen LogP contribution in [0.1, 0.15) is 20.8 Å². The molecule has 4 heteroatoms. The van der Waals surface area contributed by atoms with Gasteiger partial charge in [0.25, 0.3) is 5.91 Å². The van der Waals surface area contributed by atoms with Crippen LogP contribution in [0.5, 0.6) is 0 Å². The third-order valence-electron chi connectivity index (χ3n) is 2.02. The number of aliphatic imine (C=N–C) groups is 1. The van der Waals surface area contributed by atoms with E-state index in [4.69, 9.17) is 10.5 Å². The highest BCUT2D eigenvalue weighted by Crippen LogP contribution is 2.24. The summed E-state index contributed by atoms with van der Waals surface area (Å²) in [7, 11) is 0. The van der Waals surface area contributed by atoms with Crippen LogP contribution in [-0.2, 0) is 9.53 Å². The van der Waals surface area contributed by atoms with Gasteiger partial charge in [0.15, 0.2) is 5.90 Å². The summed E-state index contributed by atoms with van der Waals surface area (Å²) in [5.41, 5.74) is 4.21. The van der Waals surface area contributed by atoms with Crippen molar-refractivity contribution in [2.75, 3.05) is 0 Å². The summed E-state index contributed by atoms with van der Waals surface area (Å²) >= 11 is 0. The van der Waals surface area contributed by atoms with Crippen LogP contribution < -0.4 is 5.73 Å². The SMILES string of the molecule is CC1=N[C@H](C)[C@](C)(C(N)=O)O1. The molecule has 0 fully saturated rings. The van der Waals surface area contributed by atoms with E-state index < -0.39 is 11.5 Å². The number of nitrogens with zero attached hydrogens (tertiary/aromatic N) is 1. The summed E-state index contributed by atoms with van der Waals surface area (Å²) in [5, 5.41) is 0. The topological polar surface area (TPSA) is 64.7 Å². The van der Waals surface area contributed by atoms with Crippen LogP contribution >= 0.6 is 0 Å². The standard InChI is InChI=1S/C7H12N2O2/c1-4-7(3,6(8)10)11-5(2)9-4/h4H,1-3H3,(H2,8,10)/t4-,7-/m1/s1. The fraction of sp³-hybridized carbons (Fsp3) is 0.714. The van der Waals surface area contributed by atoms with Crippen molar-refractivity contribution in [2.45, 2.75) is 32.4 Å². The Kier molecular flexibility index (Phi) is 1.62. The minimum atomic E-state index is -0.940. The second-order valence-corrected chi connectivity index (χ2v) is 2.90. The largest absolute Gasteiger partial charge is 0.463 e. The Labute approximate surface area is 65.4 Å². The summed E-state index contributed by atoms with van der Waals surface area (Å²) in [5.74, 6) is 0.0596. The molecule has 2 atom stereocenters. The quantitative estimate of drug-likeness (QED) is 0.583. The predicted octanol–water partition coefficient (Wildman–Crippen LogP) is 0.0675. The molecule has 0 saturated carbocycles. The predicted molar refractivity (Wildman–Crippen MR) is 41.3 cm³/mol. The first-order valence-electron chi connectivity index (χ1n) is 3.50. The number of amides is 1. The minimum Gasteiger partial charge on any atom is -0.463 e. The van der Waals surface area contributed by atoms with E-state index in [0.717, 1.165) is 0 Å². The Morgan fingerprint density at radius 3 is 2.55 bits per heavy atom. The molecule has 4 nitrogen and oxygen atoms in total. The number of hydrogen-bond donors (Lipinski definition) is 1. The molecule has 1 rings (SSSR count). The van der Waals surface area contributed by atoms with Gasteiger partial charge in [-0.2, -0.15) is 0 Å². The zero-order chi connectivity index (χ0) is 8.65. The number of hydrogen-bond acceptors (Lipinski definition) is 3. The molecule has 0 aromatic rings. The summed E-state index contributed by atoms with van der Waals surface area (Å²) in [4.78, 5) is 15.0. The van der Waals surface area contributed by atoms with Crippen molar-refractivity contribution in [3.63, 3.8) is 0 Å². The number of carbonyl (C=O) groups is 1. The molecule has 11 heavy (non-hydrogen) atoms. The molecule has 0 saturated heterocycles. The third kappa shape index (κ3) is 1.08. The van der Waals surface area contributed by atoms with E-state index in [1.54, 1.807) is 20.8 Å². The van der Waals surface area contributed by atoms with Crippen molar-refractivity contribution < 1.29 is 9.53 Å². The molecule has 1 amide bonds. The van der Waals surface area contributed by atoms with Crippen LogP contribution in [0.15, 0.2) is 4.99 Å². The molecule has 0 unspecified atom stereocenters. The highest BCUT2D eigenvalue weighted by atomic mass is 16.5. The lowest BCUT2D eigenvalue weighted by atomic mass is 9.98. The second kappa shape index (κ2) is 2.22. The lowest BCUT2D eigenvalue weighted by Gasteiger charge is -2.22. The lowest BCUT2D eigenvalue weighted by Crippen LogP contribution is -2.48. The van der Waals surface area contributed by atoms with Crippen LogP contribution in [-0.4, -0.2) is 23.4 Å². The van der Waals surface area contributed by atoms with Crippen LogP contribution in [0.25, 0.3) is 0 Å². The normalized spacial score (nSPS) is 36.3. The molecule has 0 aromatic heterocycles. The highest BCUT2D eigenvalue weighted by molar-refractivity contribution is 5.90. The number of ether oxygens (including phenoxy) is 1. The monoisotopic (exact) mass is 156 g/mol. The van der Waals surface area contributed by atoms with E-state index in [-0.39, 0.29) is 6.04 Å². The Bertz CT molecular complexity index is 224. The first-order chi connectivity index (χ1) is 4.97. The molecule has 1 aliphatic heterocycles. The molecule has 1 heterocycles. The average Bonchev–Trinajstić information content (AvgIpc) is 2.08. The van der Waals surface area contributed by atoms with Crippen LogP contribution in [0.3, 0.4) is 0 Å². The fourth-order valence-corrected chi connectivity index (χ4v) is 1.07. The maximum absolute atomic E-state index is 10.9. The molecule has 0 spiro atoms. The summed E-state index contributed by atoms with van der Waals surface area (Å²) in [6, 6.07) is -0.181. The molecule has 2 N–H and O–H groups in total. The number of carbonyl (C=O) groups excluding carboxylic acids is 1. The maximum Gasteiger partial charge on any atom is 0.263 e. The van der Waals surface area contributed by atoms with Crippen molar-refractivity contribution in [3.8, 4) is 0 Å². The van der Waals surface area contributed by atoms with Gasteiger partial charge >= 0.3 is 0 Å². The fourth-order valence-electron chi connectivity index (χ4n) is 1.07. The molecule has 0 radical (unpaired) electrons. The smallest absolute Gasteiger partial charge is 0.263 e. The first kappa shape index (κ1) is 8.04. The van der Waals surface area contributed by atoms with Gasteiger partial charge in [-0.05, 0) is 13.8 Å². The van der Waals surface area contributed by atoms with Gasteiger partial charge in [0.05, 0.1) is 6.04 Å². The molecule has 0 aromatic carbocycles. The average molecular weight is 156 g/mol. The van der Waals surface area contributed by atoms with Gasteiger partial charge in [0, 0.05) is 6.92 Å². The molecule has 0 aliphatic carbocycles. The van der Waals surface area contributed by atoms with Crippen LogP contribution in [0.2, 0.25) is 0 Å². The number of nitrogens with two attached hydrogens (primary N) is 1. The molecular weight excluding hydrogens is 144 g/mol. The van der Waals surface area contributed by atoms with Gasteiger partial charge in [0.2, 0.25) is 5.60 Å². The number of rotatable bonds is 1. The minimum absolute atomic E-state index is 0.181. The maximum atomic E-state index is 10.9. The molecule has 1 aliphatic rings. The second-order valence-electron chi connectivity index (χ2n) is 2.90. The van der Waals surface area contributed by atoms with E-state index in [2.05, 4.69) is 4.99 Å². The van der Waals surface area contributed by atoms with E-state index in [1.807, 2.05) is 0 Å².